The van der Waals surface area contributed by atoms with Crippen molar-refractivity contribution in [3.8, 4) is 17.3 Å². The number of methoxy groups -OCH3 is 1. The number of hydrogen-bond donors (Lipinski definition) is 0. The van der Waals surface area contributed by atoms with Gasteiger partial charge in [-0.3, -0.25) is 4.40 Å². The van der Waals surface area contributed by atoms with Crippen LogP contribution in [-0.4, -0.2) is 70.2 Å². The highest BCUT2D eigenvalue weighted by Gasteiger charge is 2.37. The summed E-state index contributed by atoms with van der Waals surface area (Å²) >= 11 is 0. The third-order valence-electron chi connectivity index (χ3n) is 8.37. The lowest BCUT2D eigenvalue weighted by Crippen LogP contribution is -2.45. The molecule has 0 N–H and O–H groups in total. The lowest BCUT2D eigenvalue weighted by Gasteiger charge is -2.41. The van der Waals surface area contributed by atoms with E-state index in [1.165, 1.54) is 7.11 Å². The van der Waals surface area contributed by atoms with E-state index in [1.54, 1.807) is 6.08 Å². The molecule has 0 radical (unpaired) electrons. The van der Waals surface area contributed by atoms with Gasteiger partial charge in [-0.1, -0.05) is 30.4 Å². The fourth-order valence-corrected chi connectivity index (χ4v) is 5.91. The summed E-state index contributed by atoms with van der Waals surface area (Å²) in [5.74, 6) is 1.84. The zero-order chi connectivity index (χ0) is 34.5. The molecule has 1 atom stereocenters. The van der Waals surface area contributed by atoms with Crippen LogP contribution in [0, 0.1) is 6.92 Å². The monoisotopic (exact) mass is 657 g/mol. The predicted molar refractivity (Wildman–Crippen MR) is 184 cm³/mol. The highest BCUT2D eigenvalue weighted by Crippen LogP contribution is 2.39. The number of ether oxygens (including phenoxy) is 4. The van der Waals surface area contributed by atoms with Crippen molar-refractivity contribution in [1.82, 2.24) is 19.6 Å². The van der Waals surface area contributed by atoms with Crippen LogP contribution < -0.4 is 9.64 Å². The van der Waals surface area contributed by atoms with Crippen molar-refractivity contribution in [3.63, 3.8) is 0 Å². The lowest BCUT2D eigenvalue weighted by atomic mass is 9.92. The van der Waals surface area contributed by atoms with E-state index in [4.69, 9.17) is 28.3 Å². The normalized spacial score (nSPS) is 15.3. The number of carbonyl (C=O) groups excluding carboxylic acids is 1. The van der Waals surface area contributed by atoms with Crippen LogP contribution in [0.2, 0.25) is 0 Å². The third kappa shape index (κ3) is 7.96. The Labute approximate surface area is 282 Å². The maximum absolute atomic E-state index is 13.3. The number of nitrogens with zero attached hydrogens (tertiary/aromatic N) is 5. The number of fused-ring (bicyclic) bond motifs is 1. The molecule has 4 heterocycles. The Balaban J connectivity index is 1.54. The van der Waals surface area contributed by atoms with Crippen LogP contribution in [0.5, 0.6) is 5.75 Å². The Bertz CT molecular complexity index is 1740. The van der Waals surface area contributed by atoms with E-state index >= 15 is 0 Å². The van der Waals surface area contributed by atoms with E-state index < -0.39 is 17.7 Å². The minimum absolute atomic E-state index is 0.285. The molecule has 0 unspecified atom stereocenters. The van der Waals surface area contributed by atoms with E-state index in [1.807, 2.05) is 74.7 Å². The summed E-state index contributed by atoms with van der Waals surface area (Å²) in [6, 6.07) is 9.75. The van der Waals surface area contributed by atoms with Gasteiger partial charge in [0, 0.05) is 30.4 Å². The molecule has 1 fully saturated rings. The first-order valence-corrected chi connectivity index (χ1v) is 16.4. The van der Waals surface area contributed by atoms with Crippen LogP contribution in [0.4, 0.5) is 5.82 Å². The second-order valence-electron chi connectivity index (χ2n) is 13.3. The molecule has 3 aromatic heterocycles. The second-order valence-corrected chi connectivity index (χ2v) is 13.3. The summed E-state index contributed by atoms with van der Waals surface area (Å²) in [5.41, 5.74) is 2.81. The van der Waals surface area contributed by atoms with Crippen molar-refractivity contribution in [2.45, 2.75) is 77.6 Å². The fraction of sp³-hybridized carbons (Fsp3) is 0.459. The van der Waals surface area contributed by atoms with Gasteiger partial charge in [-0.15, -0.1) is 23.4 Å². The molecule has 1 aromatic carbocycles. The summed E-state index contributed by atoms with van der Waals surface area (Å²) in [6.07, 6.45) is 7.24. The SMILES string of the molecule is C=CCCOc1ccccc1Cc1nnc(-c2cn3c(N4CCC(C)(OCC=C)CC4)c([C@H](OC(C)(C)C)C(=O)OC)c(C)cc3n2)o1. The summed E-state index contributed by atoms with van der Waals surface area (Å²) in [6.45, 7) is 19.9. The van der Waals surface area contributed by atoms with Gasteiger partial charge in [0.2, 0.25) is 5.89 Å². The van der Waals surface area contributed by atoms with Crippen molar-refractivity contribution < 1.29 is 28.2 Å². The number of piperidine rings is 1. The van der Waals surface area contributed by atoms with Gasteiger partial charge in [0.25, 0.3) is 5.89 Å². The Morgan fingerprint density at radius 3 is 2.58 bits per heavy atom. The van der Waals surface area contributed by atoms with Gasteiger partial charge >= 0.3 is 5.97 Å². The Morgan fingerprint density at radius 1 is 1.15 bits per heavy atom. The number of aryl methyl sites for hydroxylation is 1. The molecule has 11 heteroatoms. The first-order valence-electron chi connectivity index (χ1n) is 16.4. The molecule has 1 aliphatic heterocycles. The molecule has 0 bridgehead atoms. The predicted octanol–water partition coefficient (Wildman–Crippen LogP) is 6.83. The number of pyridine rings is 1. The van der Waals surface area contributed by atoms with Crippen molar-refractivity contribution in [2.24, 2.45) is 0 Å². The smallest absolute Gasteiger partial charge is 0.339 e. The van der Waals surface area contributed by atoms with Gasteiger partial charge in [0.05, 0.1) is 37.9 Å². The summed E-state index contributed by atoms with van der Waals surface area (Å²) in [5, 5.41) is 8.70. The average Bonchev–Trinajstić information content (AvgIpc) is 3.70. The number of para-hydroxylation sites is 1. The highest BCUT2D eigenvalue weighted by atomic mass is 16.6. The van der Waals surface area contributed by atoms with Crippen LogP contribution in [0.3, 0.4) is 0 Å². The summed E-state index contributed by atoms with van der Waals surface area (Å²) in [4.78, 5) is 20.5. The number of anilines is 1. The number of hydrogen-bond acceptors (Lipinski definition) is 10. The Morgan fingerprint density at radius 2 is 1.90 bits per heavy atom. The van der Waals surface area contributed by atoms with Gasteiger partial charge in [-0.05, 0) is 71.6 Å². The zero-order valence-corrected chi connectivity index (χ0v) is 29.0. The molecular formula is C37H47N5O6. The molecule has 1 saturated heterocycles. The van der Waals surface area contributed by atoms with E-state index in [2.05, 4.69) is 35.2 Å². The minimum Gasteiger partial charge on any atom is -0.493 e. The molecule has 4 aromatic rings. The van der Waals surface area contributed by atoms with Gasteiger partial charge < -0.3 is 28.3 Å². The first-order chi connectivity index (χ1) is 22.9. The first kappa shape index (κ1) is 34.8. The average molecular weight is 658 g/mol. The van der Waals surface area contributed by atoms with Gasteiger partial charge in [-0.2, -0.15) is 0 Å². The van der Waals surface area contributed by atoms with Gasteiger partial charge in [0.1, 0.15) is 22.9 Å². The third-order valence-corrected chi connectivity index (χ3v) is 8.37. The van der Waals surface area contributed by atoms with E-state index in [0.717, 1.165) is 47.5 Å². The van der Waals surface area contributed by atoms with Crippen molar-refractivity contribution in [2.75, 3.05) is 38.3 Å². The van der Waals surface area contributed by atoms with Gasteiger partial charge in [-0.25, -0.2) is 9.78 Å². The molecule has 1 aliphatic rings. The number of imidazole rings is 1. The van der Waals surface area contributed by atoms with Crippen LogP contribution in [0.1, 0.15) is 75.6 Å². The Kier molecular flexibility index (Phi) is 10.7. The van der Waals surface area contributed by atoms with E-state index in [9.17, 15) is 4.79 Å². The molecule has 0 aliphatic carbocycles. The standard InChI is InChI=1S/C37H47N5O6/c1-9-11-21-45-28-15-13-12-14-26(28)23-30-39-40-33(47-30)27-24-42-29(38-27)22-25(3)31(32(35(43)44-8)48-36(4,5)6)34(42)41-18-16-37(7,17-19-41)46-20-10-2/h9-10,12-15,22,24,32H,1-2,11,16-21,23H2,3-8H3/t32-/m0/s1. The van der Waals surface area contributed by atoms with Crippen LogP contribution in [-0.2, 0) is 25.4 Å². The summed E-state index contributed by atoms with van der Waals surface area (Å²) in [7, 11) is 1.38. The second kappa shape index (κ2) is 14.7. The number of benzene rings is 1. The van der Waals surface area contributed by atoms with Crippen molar-refractivity contribution >= 4 is 17.4 Å². The number of esters is 1. The fourth-order valence-electron chi connectivity index (χ4n) is 5.91. The number of rotatable bonds is 14. The Hall–Kier alpha value is -4.48. The van der Waals surface area contributed by atoms with Gasteiger partial charge in [0.15, 0.2) is 6.10 Å². The molecule has 0 amide bonds. The van der Waals surface area contributed by atoms with Crippen LogP contribution >= 0.6 is 0 Å². The maximum Gasteiger partial charge on any atom is 0.339 e. The molecule has 5 rings (SSSR count). The maximum atomic E-state index is 13.3. The molecule has 48 heavy (non-hydrogen) atoms. The van der Waals surface area contributed by atoms with E-state index in [0.29, 0.717) is 55.8 Å². The molecule has 256 valence electrons. The lowest BCUT2D eigenvalue weighted by molar-refractivity contribution is -0.164. The number of aromatic nitrogens is 4. The minimum atomic E-state index is -0.964. The van der Waals surface area contributed by atoms with Crippen LogP contribution in [0.15, 0.2) is 66.3 Å². The molecule has 0 spiro atoms. The van der Waals surface area contributed by atoms with E-state index in [-0.39, 0.29) is 5.60 Å². The molecule has 11 nitrogen and oxygen atoms in total. The zero-order valence-electron chi connectivity index (χ0n) is 29.0. The van der Waals surface area contributed by atoms with Crippen molar-refractivity contribution in [1.29, 1.82) is 0 Å². The van der Waals surface area contributed by atoms with Crippen molar-refractivity contribution in [3.05, 3.63) is 84.4 Å². The largest absolute Gasteiger partial charge is 0.493 e. The molecular weight excluding hydrogens is 610 g/mol. The highest BCUT2D eigenvalue weighted by molar-refractivity contribution is 5.81. The molecule has 0 saturated carbocycles. The topological polar surface area (TPSA) is 113 Å². The summed E-state index contributed by atoms with van der Waals surface area (Å²) < 4.78 is 31.9. The number of carbonyl (C=O) groups is 1. The quantitative estimate of drug-likeness (QED) is 0.0812. The van der Waals surface area contributed by atoms with Crippen LogP contribution in [0.25, 0.3) is 17.2 Å².